The van der Waals surface area contributed by atoms with Crippen molar-refractivity contribution in [1.29, 1.82) is 0 Å². The molecule has 4 heteroatoms. The molecule has 4 nitrogen and oxygen atoms in total. The Hall–Kier alpha value is -1.55. The molecule has 2 aliphatic heterocycles. The summed E-state index contributed by atoms with van der Waals surface area (Å²) in [4.78, 5) is 16.2. The molecule has 2 saturated heterocycles. The monoisotopic (exact) mass is 287 g/mol. The molecule has 1 atom stereocenters. The summed E-state index contributed by atoms with van der Waals surface area (Å²) in [5, 5.41) is 3.66. The van der Waals surface area contributed by atoms with E-state index < -0.39 is 0 Å². The topological polar surface area (TPSA) is 35.6 Å². The lowest BCUT2D eigenvalue weighted by molar-refractivity contribution is -0.117. The highest BCUT2D eigenvalue weighted by Crippen LogP contribution is 2.25. The third-order valence-electron chi connectivity index (χ3n) is 4.55. The molecule has 2 heterocycles. The number of hydrogen-bond donors (Lipinski definition) is 1. The highest BCUT2D eigenvalue weighted by atomic mass is 16.2. The van der Waals surface area contributed by atoms with Crippen molar-refractivity contribution in [3.8, 4) is 0 Å². The van der Waals surface area contributed by atoms with E-state index in [1.807, 2.05) is 17.0 Å². The number of nitrogens with zero attached hydrogens (tertiary/aromatic N) is 2. The van der Waals surface area contributed by atoms with Crippen molar-refractivity contribution in [1.82, 2.24) is 4.90 Å². The van der Waals surface area contributed by atoms with E-state index in [2.05, 4.69) is 29.4 Å². The van der Waals surface area contributed by atoms with Gasteiger partial charge in [0.2, 0.25) is 5.91 Å². The minimum atomic E-state index is 0.253. The van der Waals surface area contributed by atoms with Gasteiger partial charge in [-0.15, -0.1) is 0 Å². The largest absolute Gasteiger partial charge is 0.382 e. The number of likely N-dealkylation sites (tertiary alicyclic amines) is 1. The van der Waals surface area contributed by atoms with Gasteiger partial charge in [-0.3, -0.25) is 4.79 Å². The normalized spacial score (nSPS) is 24.1. The van der Waals surface area contributed by atoms with Gasteiger partial charge in [-0.1, -0.05) is 6.07 Å². The van der Waals surface area contributed by atoms with Crippen LogP contribution < -0.4 is 10.2 Å². The smallest absolute Gasteiger partial charge is 0.227 e. The summed E-state index contributed by atoms with van der Waals surface area (Å²) >= 11 is 0. The van der Waals surface area contributed by atoms with Crippen molar-refractivity contribution in [3.05, 3.63) is 24.3 Å². The number of carbonyl (C=O) groups excluding carboxylic acids is 1. The Bertz CT molecular complexity index is 503. The Balaban J connectivity index is 1.67. The molecule has 0 spiro atoms. The minimum absolute atomic E-state index is 0.253. The van der Waals surface area contributed by atoms with Gasteiger partial charge in [-0.2, -0.15) is 0 Å². The van der Waals surface area contributed by atoms with Gasteiger partial charge in [0, 0.05) is 30.4 Å². The maximum Gasteiger partial charge on any atom is 0.227 e. The fraction of sp³-hybridized carbons (Fsp3) is 0.588. The van der Waals surface area contributed by atoms with E-state index in [9.17, 15) is 4.79 Å². The van der Waals surface area contributed by atoms with Crippen LogP contribution in [0.2, 0.25) is 0 Å². The number of rotatable bonds is 3. The third-order valence-corrected chi connectivity index (χ3v) is 4.55. The molecular formula is C17H25N3O. The van der Waals surface area contributed by atoms with Crippen LogP contribution in [0.15, 0.2) is 24.3 Å². The highest BCUT2D eigenvalue weighted by Gasteiger charge is 2.22. The maximum atomic E-state index is 11.9. The van der Waals surface area contributed by atoms with E-state index in [0.29, 0.717) is 12.5 Å². The zero-order valence-electron chi connectivity index (χ0n) is 12.8. The number of amides is 1. The molecule has 1 amide bonds. The van der Waals surface area contributed by atoms with Crippen molar-refractivity contribution in [2.75, 3.05) is 36.9 Å². The van der Waals surface area contributed by atoms with E-state index in [1.54, 1.807) is 0 Å². The van der Waals surface area contributed by atoms with Crippen molar-refractivity contribution in [2.24, 2.45) is 0 Å². The van der Waals surface area contributed by atoms with Crippen LogP contribution in [0.5, 0.6) is 0 Å². The van der Waals surface area contributed by atoms with E-state index in [1.165, 1.54) is 25.8 Å². The van der Waals surface area contributed by atoms with Crippen LogP contribution in [0.1, 0.15) is 32.1 Å². The van der Waals surface area contributed by atoms with Gasteiger partial charge in [0.1, 0.15) is 0 Å². The molecular weight excluding hydrogens is 262 g/mol. The van der Waals surface area contributed by atoms with Crippen LogP contribution in [-0.4, -0.2) is 43.5 Å². The maximum absolute atomic E-state index is 11.9. The second kappa shape index (κ2) is 6.48. The lowest BCUT2D eigenvalue weighted by atomic mass is 10.1. The first-order valence-corrected chi connectivity index (χ1v) is 8.08. The van der Waals surface area contributed by atoms with Crippen LogP contribution in [0, 0.1) is 0 Å². The Morgan fingerprint density at radius 3 is 2.86 bits per heavy atom. The lowest BCUT2D eigenvalue weighted by Gasteiger charge is -2.21. The molecule has 2 fully saturated rings. The van der Waals surface area contributed by atoms with Gasteiger partial charge in [-0.05, 0) is 64.0 Å². The Labute approximate surface area is 127 Å². The quantitative estimate of drug-likeness (QED) is 0.928. The fourth-order valence-corrected chi connectivity index (χ4v) is 3.30. The average Bonchev–Trinajstić information content (AvgIpc) is 2.80. The van der Waals surface area contributed by atoms with Gasteiger partial charge in [0.25, 0.3) is 0 Å². The summed E-state index contributed by atoms with van der Waals surface area (Å²) < 4.78 is 0. The summed E-state index contributed by atoms with van der Waals surface area (Å²) in [5.74, 6) is 0.253. The van der Waals surface area contributed by atoms with Crippen LogP contribution >= 0.6 is 0 Å². The van der Waals surface area contributed by atoms with E-state index in [-0.39, 0.29) is 5.91 Å². The first-order valence-electron chi connectivity index (χ1n) is 8.08. The van der Waals surface area contributed by atoms with Crippen LogP contribution in [-0.2, 0) is 4.79 Å². The van der Waals surface area contributed by atoms with Crippen molar-refractivity contribution in [3.63, 3.8) is 0 Å². The first kappa shape index (κ1) is 14.4. The van der Waals surface area contributed by atoms with Gasteiger partial charge in [-0.25, -0.2) is 0 Å². The van der Waals surface area contributed by atoms with Gasteiger partial charge in [0.15, 0.2) is 0 Å². The molecule has 3 rings (SSSR count). The molecule has 21 heavy (non-hydrogen) atoms. The number of benzene rings is 1. The summed E-state index contributed by atoms with van der Waals surface area (Å²) in [6, 6.07) is 8.86. The summed E-state index contributed by atoms with van der Waals surface area (Å²) in [6.45, 7) is 3.21. The second-order valence-corrected chi connectivity index (χ2v) is 6.27. The van der Waals surface area contributed by atoms with Crippen LogP contribution in [0.3, 0.4) is 0 Å². The molecule has 0 saturated carbocycles. The molecule has 0 aliphatic carbocycles. The zero-order chi connectivity index (χ0) is 14.7. The fourth-order valence-electron chi connectivity index (χ4n) is 3.30. The molecule has 1 aromatic rings. The van der Waals surface area contributed by atoms with Crippen molar-refractivity contribution >= 4 is 17.3 Å². The Morgan fingerprint density at radius 2 is 2.05 bits per heavy atom. The molecule has 1 unspecified atom stereocenters. The van der Waals surface area contributed by atoms with Gasteiger partial charge >= 0.3 is 0 Å². The number of hydrogen-bond acceptors (Lipinski definition) is 3. The van der Waals surface area contributed by atoms with E-state index in [0.717, 1.165) is 30.9 Å². The minimum Gasteiger partial charge on any atom is -0.382 e. The second-order valence-electron chi connectivity index (χ2n) is 6.27. The number of nitrogens with one attached hydrogen (secondary N) is 1. The first-order chi connectivity index (χ1) is 10.2. The highest BCUT2D eigenvalue weighted by molar-refractivity contribution is 5.95. The Morgan fingerprint density at radius 1 is 1.14 bits per heavy atom. The standard InChI is InChI=1S/C17H25N3O/c1-19-10-3-6-14(9-12-19)18-15-5-2-7-16(13-15)20-11-4-8-17(20)21/h2,5,7,13-14,18H,3-4,6,8-12H2,1H3. The molecule has 1 N–H and O–H groups in total. The summed E-state index contributed by atoms with van der Waals surface area (Å²) in [5.41, 5.74) is 2.18. The summed E-state index contributed by atoms with van der Waals surface area (Å²) in [7, 11) is 2.20. The number of anilines is 2. The van der Waals surface area contributed by atoms with E-state index >= 15 is 0 Å². The lowest BCUT2D eigenvalue weighted by Crippen LogP contribution is -2.25. The van der Waals surface area contributed by atoms with Crippen LogP contribution in [0.25, 0.3) is 0 Å². The molecule has 0 aromatic heterocycles. The van der Waals surface area contributed by atoms with E-state index in [4.69, 9.17) is 0 Å². The van der Waals surface area contributed by atoms with Crippen molar-refractivity contribution in [2.45, 2.75) is 38.1 Å². The molecule has 0 radical (unpaired) electrons. The number of carbonyl (C=O) groups is 1. The molecule has 114 valence electrons. The SMILES string of the molecule is CN1CCCC(Nc2cccc(N3CCCC3=O)c2)CC1. The third kappa shape index (κ3) is 3.56. The Kier molecular flexibility index (Phi) is 4.44. The predicted octanol–water partition coefficient (Wildman–Crippen LogP) is 2.71. The zero-order valence-corrected chi connectivity index (χ0v) is 12.8. The van der Waals surface area contributed by atoms with Gasteiger partial charge in [0.05, 0.1) is 0 Å². The molecule has 1 aromatic carbocycles. The predicted molar refractivity (Wildman–Crippen MR) is 86.8 cm³/mol. The van der Waals surface area contributed by atoms with Crippen LogP contribution in [0.4, 0.5) is 11.4 Å². The average molecular weight is 287 g/mol. The molecule has 2 aliphatic rings. The summed E-state index contributed by atoms with van der Waals surface area (Å²) in [6.07, 6.45) is 5.32. The molecule has 0 bridgehead atoms. The van der Waals surface area contributed by atoms with Gasteiger partial charge < -0.3 is 15.1 Å². The van der Waals surface area contributed by atoms with Crippen molar-refractivity contribution < 1.29 is 4.79 Å².